The molecule has 0 bridgehead atoms. The van der Waals surface area contributed by atoms with Crippen LogP contribution in [0.2, 0.25) is 0 Å². The van der Waals surface area contributed by atoms with Crippen molar-refractivity contribution in [3.8, 4) is 0 Å². The van der Waals surface area contributed by atoms with Gasteiger partial charge in [0, 0.05) is 17.8 Å². The molecule has 0 aliphatic heterocycles. The molecule has 0 aliphatic rings. The molecular weight excluding hydrogens is 274 g/mol. The number of nitro benzene ring substituents is 1. The van der Waals surface area contributed by atoms with Gasteiger partial charge in [0.15, 0.2) is 0 Å². The average molecular weight is 295 g/mol. The third-order valence-electron chi connectivity index (χ3n) is 2.99. The van der Waals surface area contributed by atoms with Crippen molar-refractivity contribution in [2.75, 3.05) is 26.1 Å². The average Bonchev–Trinajstić information content (AvgIpc) is 2.44. The fourth-order valence-corrected chi connectivity index (χ4v) is 1.79. The summed E-state index contributed by atoms with van der Waals surface area (Å²) in [5.41, 5.74) is 2.56. The van der Waals surface area contributed by atoms with Crippen LogP contribution in [0.1, 0.15) is 23.7 Å². The molecule has 1 amide bonds. The van der Waals surface area contributed by atoms with Crippen LogP contribution in [0.25, 0.3) is 0 Å². The molecule has 1 aromatic carbocycles. The van der Waals surface area contributed by atoms with E-state index in [1.165, 1.54) is 18.2 Å². The maximum Gasteiger partial charge on any atom is 0.282 e. The minimum Gasteiger partial charge on any atom is -0.349 e. The number of nitrogen functional groups attached to an aromatic ring is 1. The Balaban J connectivity index is 2.87. The van der Waals surface area contributed by atoms with E-state index in [2.05, 4.69) is 10.7 Å². The first-order valence-electron chi connectivity index (χ1n) is 6.55. The number of hydrazine groups is 1. The Morgan fingerprint density at radius 2 is 2.14 bits per heavy atom. The molecule has 0 aromatic heterocycles. The number of anilines is 1. The third-order valence-corrected chi connectivity index (χ3v) is 2.99. The summed E-state index contributed by atoms with van der Waals surface area (Å²) in [5, 5.41) is 13.8. The van der Waals surface area contributed by atoms with Crippen molar-refractivity contribution in [2.45, 2.75) is 19.4 Å². The molecule has 116 valence electrons. The lowest BCUT2D eigenvalue weighted by Gasteiger charge is -2.17. The van der Waals surface area contributed by atoms with Crippen molar-refractivity contribution in [3.05, 3.63) is 33.9 Å². The monoisotopic (exact) mass is 295 g/mol. The molecule has 0 fully saturated rings. The quantitative estimate of drug-likeness (QED) is 0.392. The second-order valence-corrected chi connectivity index (χ2v) is 5.10. The molecule has 0 spiro atoms. The van der Waals surface area contributed by atoms with Crippen molar-refractivity contribution in [3.63, 3.8) is 0 Å². The topological polar surface area (TPSA) is 114 Å². The SMILES string of the molecule is CC(CCN(C)C)NC(=O)c1cc(NN)ccc1[N+](=O)[O-]. The molecule has 0 radical (unpaired) electrons. The number of carbonyl (C=O) groups is 1. The summed E-state index contributed by atoms with van der Waals surface area (Å²) < 4.78 is 0. The second-order valence-electron chi connectivity index (χ2n) is 5.10. The number of benzene rings is 1. The van der Waals surface area contributed by atoms with Gasteiger partial charge in [-0.25, -0.2) is 0 Å². The molecule has 0 aliphatic carbocycles. The van der Waals surface area contributed by atoms with E-state index in [0.29, 0.717) is 5.69 Å². The lowest BCUT2D eigenvalue weighted by Crippen LogP contribution is -2.35. The molecule has 8 nitrogen and oxygen atoms in total. The number of nitrogens with zero attached hydrogens (tertiary/aromatic N) is 2. The van der Waals surface area contributed by atoms with Gasteiger partial charge in [-0.2, -0.15) is 0 Å². The minimum atomic E-state index is -0.584. The molecule has 4 N–H and O–H groups in total. The lowest BCUT2D eigenvalue weighted by atomic mass is 10.1. The van der Waals surface area contributed by atoms with Gasteiger partial charge in [0.25, 0.3) is 11.6 Å². The Morgan fingerprint density at radius 3 is 2.67 bits per heavy atom. The first kappa shape index (κ1) is 16.9. The van der Waals surface area contributed by atoms with Gasteiger partial charge in [-0.3, -0.25) is 20.8 Å². The maximum atomic E-state index is 12.2. The second kappa shape index (κ2) is 7.55. The van der Waals surface area contributed by atoms with E-state index < -0.39 is 10.8 Å². The number of amides is 1. The summed E-state index contributed by atoms with van der Waals surface area (Å²) in [6, 6.07) is 3.99. The van der Waals surface area contributed by atoms with E-state index in [9.17, 15) is 14.9 Å². The van der Waals surface area contributed by atoms with Crippen molar-refractivity contribution in [1.29, 1.82) is 0 Å². The molecule has 1 atom stereocenters. The number of rotatable bonds is 7. The molecule has 0 saturated heterocycles. The summed E-state index contributed by atoms with van der Waals surface area (Å²) in [6.07, 6.45) is 0.751. The normalized spacial score (nSPS) is 12.0. The zero-order chi connectivity index (χ0) is 16.0. The van der Waals surface area contributed by atoms with Crippen LogP contribution >= 0.6 is 0 Å². The standard InChI is InChI=1S/C13H21N5O3/c1-9(6-7-17(2)3)15-13(19)11-8-10(16-14)4-5-12(11)18(20)21/h4-5,8-9,16H,6-7,14H2,1-3H3,(H,15,19). The molecule has 21 heavy (non-hydrogen) atoms. The number of nitrogens with two attached hydrogens (primary N) is 1. The van der Waals surface area contributed by atoms with E-state index >= 15 is 0 Å². The van der Waals surface area contributed by atoms with Crippen LogP contribution in [0, 0.1) is 10.1 Å². The van der Waals surface area contributed by atoms with Crippen LogP contribution in [0.5, 0.6) is 0 Å². The van der Waals surface area contributed by atoms with Crippen molar-refractivity contribution in [1.82, 2.24) is 10.2 Å². The van der Waals surface area contributed by atoms with Crippen molar-refractivity contribution < 1.29 is 9.72 Å². The van der Waals surface area contributed by atoms with Gasteiger partial charge in [-0.1, -0.05) is 0 Å². The van der Waals surface area contributed by atoms with Gasteiger partial charge in [-0.15, -0.1) is 0 Å². The summed E-state index contributed by atoms with van der Waals surface area (Å²) in [5.74, 6) is 4.79. The van der Waals surface area contributed by atoms with Crippen LogP contribution in [0.15, 0.2) is 18.2 Å². The highest BCUT2D eigenvalue weighted by Gasteiger charge is 2.21. The van der Waals surface area contributed by atoms with E-state index in [4.69, 9.17) is 5.84 Å². The summed E-state index contributed by atoms with van der Waals surface area (Å²) >= 11 is 0. The number of hydrogen-bond acceptors (Lipinski definition) is 6. The highest BCUT2D eigenvalue weighted by molar-refractivity contribution is 5.99. The fraction of sp³-hybridized carbons (Fsp3) is 0.462. The molecule has 0 heterocycles. The van der Waals surface area contributed by atoms with Crippen LogP contribution in [0.4, 0.5) is 11.4 Å². The number of nitrogens with one attached hydrogen (secondary N) is 2. The maximum absolute atomic E-state index is 12.2. The van der Waals surface area contributed by atoms with E-state index in [-0.39, 0.29) is 17.3 Å². The zero-order valence-electron chi connectivity index (χ0n) is 12.4. The van der Waals surface area contributed by atoms with Gasteiger partial charge in [0.05, 0.1) is 4.92 Å². The predicted molar refractivity (Wildman–Crippen MR) is 81.0 cm³/mol. The predicted octanol–water partition coefficient (Wildman–Crippen LogP) is 0.950. The summed E-state index contributed by atoms with van der Waals surface area (Å²) in [6.45, 7) is 2.67. The summed E-state index contributed by atoms with van der Waals surface area (Å²) in [7, 11) is 3.88. The Kier molecular flexibility index (Phi) is 6.07. The van der Waals surface area contributed by atoms with Gasteiger partial charge in [0.2, 0.25) is 0 Å². The van der Waals surface area contributed by atoms with Gasteiger partial charge < -0.3 is 15.6 Å². The molecule has 0 saturated carbocycles. The van der Waals surface area contributed by atoms with Crippen molar-refractivity contribution in [2.24, 2.45) is 5.84 Å². The van der Waals surface area contributed by atoms with E-state index in [1.807, 2.05) is 25.9 Å². The summed E-state index contributed by atoms with van der Waals surface area (Å²) in [4.78, 5) is 24.6. The van der Waals surface area contributed by atoms with Gasteiger partial charge in [-0.05, 0) is 46.1 Å². The number of nitro groups is 1. The zero-order valence-corrected chi connectivity index (χ0v) is 12.4. The molecule has 8 heteroatoms. The van der Waals surface area contributed by atoms with Gasteiger partial charge in [0.1, 0.15) is 5.56 Å². The molecular formula is C13H21N5O3. The molecule has 1 rings (SSSR count). The van der Waals surface area contributed by atoms with Crippen LogP contribution in [0.3, 0.4) is 0 Å². The molecule has 1 aromatic rings. The first-order chi connectivity index (χ1) is 9.85. The Bertz CT molecular complexity index is 519. The van der Waals surface area contributed by atoms with Crippen LogP contribution in [-0.2, 0) is 0 Å². The number of carbonyl (C=O) groups excluding carboxylic acids is 1. The van der Waals surface area contributed by atoms with Crippen LogP contribution in [-0.4, -0.2) is 42.4 Å². The Morgan fingerprint density at radius 1 is 1.48 bits per heavy atom. The van der Waals surface area contributed by atoms with E-state index in [0.717, 1.165) is 13.0 Å². The molecule has 1 unspecified atom stereocenters. The van der Waals surface area contributed by atoms with Crippen LogP contribution < -0.4 is 16.6 Å². The van der Waals surface area contributed by atoms with Gasteiger partial charge >= 0.3 is 0 Å². The van der Waals surface area contributed by atoms with Crippen molar-refractivity contribution >= 4 is 17.3 Å². The Labute approximate surface area is 123 Å². The highest BCUT2D eigenvalue weighted by Crippen LogP contribution is 2.22. The highest BCUT2D eigenvalue weighted by atomic mass is 16.6. The largest absolute Gasteiger partial charge is 0.349 e. The number of hydrogen-bond donors (Lipinski definition) is 3. The third kappa shape index (κ3) is 5.01. The lowest BCUT2D eigenvalue weighted by molar-refractivity contribution is -0.385. The Hall–Kier alpha value is -2.19. The van der Waals surface area contributed by atoms with E-state index in [1.54, 1.807) is 0 Å². The first-order valence-corrected chi connectivity index (χ1v) is 6.55. The fourth-order valence-electron chi connectivity index (χ4n) is 1.79. The smallest absolute Gasteiger partial charge is 0.282 e. The minimum absolute atomic E-state index is 0.00727.